The fourth-order valence-corrected chi connectivity index (χ4v) is 3.11. The third-order valence-electron chi connectivity index (χ3n) is 3.19. The van der Waals surface area contributed by atoms with Gasteiger partial charge in [-0.1, -0.05) is 0 Å². The number of nitrogens with one attached hydrogen (secondary N) is 1. The molecule has 1 N–H and O–H groups in total. The van der Waals surface area contributed by atoms with Crippen molar-refractivity contribution in [3.63, 3.8) is 0 Å². The van der Waals surface area contributed by atoms with E-state index in [4.69, 9.17) is 4.74 Å². The molecule has 0 spiro atoms. The third-order valence-corrected chi connectivity index (χ3v) is 4.47. The van der Waals surface area contributed by atoms with Gasteiger partial charge in [0, 0.05) is 23.6 Å². The first-order valence-corrected chi connectivity index (χ1v) is 6.06. The average Bonchev–Trinajstić information content (AvgIpc) is 2.56. The van der Waals surface area contributed by atoms with Gasteiger partial charge in [-0.15, -0.1) is 0 Å². The van der Waals surface area contributed by atoms with Gasteiger partial charge >= 0.3 is 0 Å². The normalized spacial score (nSPS) is 46.5. The highest BCUT2D eigenvalue weighted by Gasteiger charge is 2.41. The zero-order valence-corrected chi connectivity index (χ0v) is 7.98. The zero-order valence-electron chi connectivity index (χ0n) is 7.16. The number of hydrogen-bond donors (Lipinski definition) is 1. The second kappa shape index (κ2) is 2.89. The molecule has 2 bridgehead atoms. The van der Waals surface area contributed by atoms with E-state index in [1.807, 2.05) is 11.8 Å². The Bertz CT molecular complexity index is 183. The van der Waals surface area contributed by atoms with Crippen LogP contribution in [0.1, 0.15) is 19.3 Å². The van der Waals surface area contributed by atoms with Crippen LogP contribution in [0.5, 0.6) is 0 Å². The van der Waals surface area contributed by atoms with Crippen molar-refractivity contribution in [2.75, 3.05) is 11.5 Å². The summed E-state index contributed by atoms with van der Waals surface area (Å²) in [5.74, 6) is 2.63. The Balaban J connectivity index is 1.56. The van der Waals surface area contributed by atoms with Gasteiger partial charge in [0.1, 0.15) is 0 Å². The average molecular weight is 185 g/mol. The van der Waals surface area contributed by atoms with Crippen molar-refractivity contribution in [3.05, 3.63) is 0 Å². The number of ether oxygens (including phenoxy) is 1. The van der Waals surface area contributed by atoms with Gasteiger partial charge in [-0.3, -0.25) is 0 Å². The summed E-state index contributed by atoms with van der Waals surface area (Å²) in [6.45, 7) is 0. The van der Waals surface area contributed by atoms with E-state index in [1.165, 1.54) is 30.8 Å². The van der Waals surface area contributed by atoms with Crippen molar-refractivity contribution < 1.29 is 4.74 Å². The summed E-state index contributed by atoms with van der Waals surface area (Å²) in [6, 6.07) is 1.48. The number of rotatable bonds is 2. The highest BCUT2D eigenvalue weighted by atomic mass is 32.2. The first-order valence-electron chi connectivity index (χ1n) is 4.91. The molecule has 68 valence electrons. The molecule has 12 heavy (non-hydrogen) atoms. The van der Waals surface area contributed by atoms with E-state index in [0.29, 0.717) is 18.2 Å². The van der Waals surface area contributed by atoms with Crippen LogP contribution in [0.15, 0.2) is 0 Å². The van der Waals surface area contributed by atoms with Crippen LogP contribution in [0.3, 0.4) is 0 Å². The molecule has 3 heterocycles. The molecule has 3 saturated heterocycles. The van der Waals surface area contributed by atoms with E-state index < -0.39 is 0 Å². The van der Waals surface area contributed by atoms with Crippen molar-refractivity contribution in [3.8, 4) is 0 Å². The van der Waals surface area contributed by atoms with E-state index >= 15 is 0 Å². The first kappa shape index (κ1) is 7.65. The fraction of sp³-hybridized carbons (Fsp3) is 1.00. The van der Waals surface area contributed by atoms with E-state index in [2.05, 4.69) is 5.32 Å². The molecule has 3 aliphatic rings. The van der Waals surface area contributed by atoms with Crippen LogP contribution in [-0.2, 0) is 4.74 Å². The Labute approximate surface area is 77.4 Å². The molecule has 0 aromatic carbocycles. The highest BCUT2D eigenvalue weighted by molar-refractivity contribution is 8.00. The summed E-state index contributed by atoms with van der Waals surface area (Å²) in [5.41, 5.74) is 0. The van der Waals surface area contributed by atoms with E-state index in [1.54, 1.807) is 0 Å². The molecule has 0 aliphatic carbocycles. The largest absolute Gasteiger partial charge is 0.373 e. The van der Waals surface area contributed by atoms with Crippen LogP contribution < -0.4 is 5.32 Å². The summed E-state index contributed by atoms with van der Waals surface area (Å²) in [4.78, 5) is 0. The predicted octanol–water partition coefficient (Wildman–Crippen LogP) is 1.01. The highest BCUT2D eigenvalue weighted by Crippen LogP contribution is 2.35. The molecule has 2 nitrogen and oxygen atoms in total. The second-order valence-electron chi connectivity index (χ2n) is 4.12. The van der Waals surface area contributed by atoms with Gasteiger partial charge in [-0.2, -0.15) is 11.8 Å². The smallest absolute Gasteiger partial charge is 0.0733 e. The molecule has 3 heteroatoms. The standard InChI is InChI=1S/C9H15NOS/c1-2-9-8(3-7(1)11-9)10-6-4-12-5-6/h6-10H,1-5H2. The van der Waals surface area contributed by atoms with Crippen LogP contribution in [0.2, 0.25) is 0 Å². The lowest BCUT2D eigenvalue weighted by Gasteiger charge is -2.31. The number of thioether (sulfide) groups is 1. The maximum atomic E-state index is 5.79. The predicted molar refractivity (Wildman–Crippen MR) is 50.5 cm³/mol. The van der Waals surface area contributed by atoms with Crippen LogP contribution in [-0.4, -0.2) is 35.8 Å². The van der Waals surface area contributed by atoms with Gasteiger partial charge in [-0.25, -0.2) is 0 Å². The monoisotopic (exact) mass is 185 g/mol. The Morgan fingerprint density at radius 2 is 2.17 bits per heavy atom. The number of fused-ring (bicyclic) bond motifs is 2. The van der Waals surface area contributed by atoms with Crippen molar-refractivity contribution in [2.24, 2.45) is 0 Å². The molecule has 0 amide bonds. The molecule has 0 aromatic heterocycles. The zero-order chi connectivity index (χ0) is 7.97. The lowest BCUT2D eigenvalue weighted by Crippen LogP contribution is -2.49. The maximum absolute atomic E-state index is 5.79. The third kappa shape index (κ3) is 1.19. The molecular weight excluding hydrogens is 170 g/mol. The lowest BCUT2D eigenvalue weighted by molar-refractivity contribution is 0.0965. The van der Waals surface area contributed by atoms with E-state index in [-0.39, 0.29) is 0 Å². The summed E-state index contributed by atoms with van der Waals surface area (Å²) in [7, 11) is 0. The second-order valence-corrected chi connectivity index (χ2v) is 5.19. The van der Waals surface area contributed by atoms with Crippen molar-refractivity contribution in [1.29, 1.82) is 0 Å². The van der Waals surface area contributed by atoms with Gasteiger partial charge in [0.05, 0.1) is 12.2 Å². The Kier molecular flexibility index (Phi) is 1.85. The van der Waals surface area contributed by atoms with Crippen LogP contribution >= 0.6 is 11.8 Å². The molecule has 3 fully saturated rings. The van der Waals surface area contributed by atoms with E-state index in [0.717, 1.165) is 6.04 Å². The number of hydrogen-bond acceptors (Lipinski definition) is 3. The first-order chi connectivity index (χ1) is 5.92. The summed E-state index contributed by atoms with van der Waals surface area (Å²) in [5, 5.41) is 3.70. The molecule has 3 atom stereocenters. The maximum Gasteiger partial charge on any atom is 0.0733 e. The van der Waals surface area contributed by atoms with Gasteiger partial charge in [0.15, 0.2) is 0 Å². The van der Waals surface area contributed by atoms with Crippen LogP contribution in [0.25, 0.3) is 0 Å². The van der Waals surface area contributed by atoms with Gasteiger partial charge < -0.3 is 10.1 Å². The van der Waals surface area contributed by atoms with Gasteiger partial charge in [0.2, 0.25) is 0 Å². The SMILES string of the molecule is C1SCC1NC1CC2CCC1O2. The fourth-order valence-electron chi connectivity index (χ4n) is 2.45. The molecule has 0 aromatic rings. The lowest BCUT2D eigenvalue weighted by atomic mass is 9.95. The minimum atomic E-state index is 0.556. The Morgan fingerprint density at radius 3 is 2.67 bits per heavy atom. The minimum Gasteiger partial charge on any atom is -0.373 e. The summed E-state index contributed by atoms with van der Waals surface area (Å²) < 4.78 is 5.79. The van der Waals surface area contributed by atoms with Crippen molar-refractivity contribution in [1.82, 2.24) is 5.32 Å². The summed E-state index contributed by atoms with van der Waals surface area (Å²) >= 11 is 2.05. The van der Waals surface area contributed by atoms with Crippen LogP contribution in [0, 0.1) is 0 Å². The molecule has 3 unspecified atom stereocenters. The molecule has 3 aliphatic heterocycles. The van der Waals surface area contributed by atoms with Gasteiger partial charge in [-0.05, 0) is 19.3 Å². The quantitative estimate of drug-likeness (QED) is 0.694. The Hall–Kier alpha value is 0.270. The van der Waals surface area contributed by atoms with Crippen LogP contribution in [0.4, 0.5) is 0 Å². The van der Waals surface area contributed by atoms with Gasteiger partial charge in [0.25, 0.3) is 0 Å². The molecule has 0 radical (unpaired) electrons. The summed E-state index contributed by atoms with van der Waals surface area (Å²) in [6.07, 6.45) is 5.02. The molecular formula is C9H15NOS. The molecule has 3 rings (SSSR count). The molecule has 0 saturated carbocycles. The van der Waals surface area contributed by atoms with Crippen molar-refractivity contribution >= 4 is 11.8 Å². The topological polar surface area (TPSA) is 21.3 Å². The van der Waals surface area contributed by atoms with Crippen molar-refractivity contribution in [2.45, 2.75) is 43.6 Å². The minimum absolute atomic E-state index is 0.556. The Morgan fingerprint density at radius 1 is 1.25 bits per heavy atom. The van der Waals surface area contributed by atoms with E-state index in [9.17, 15) is 0 Å².